The molecule has 0 aliphatic carbocycles. The predicted octanol–water partition coefficient (Wildman–Crippen LogP) is 3.53. The molecule has 2 aromatic rings. The van der Waals surface area contributed by atoms with Gasteiger partial charge in [0.2, 0.25) is 21.8 Å². The molecule has 0 bridgehead atoms. The zero-order valence-corrected chi connectivity index (χ0v) is 21.9. The van der Waals surface area contributed by atoms with Gasteiger partial charge in [0, 0.05) is 12.1 Å². The average molecular weight is 488 g/mol. The van der Waals surface area contributed by atoms with Gasteiger partial charge in [-0.15, -0.1) is 0 Å². The molecular weight excluding hydrogens is 450 g/mol. The van der Waals surface area contributed by atoms with E-state index < -0.39 is 27.5 Å². The number of hydrogen-bond acceptors (Lipinski definition) is 4. The van der Waals surface area contributed by atoms with Crippen LogP contribution in [-0.2, 0) is 26.0 Å². The van der Waals surface area contributed by atoms with Gasteiger partial charge in [0.15, 0.2) is 0 Å². The first-order valence-corrected chi connectivity index (χ1v) is 13.4. The van der Waals surface area contributed by atoms with E-state index in [4.69, 9.17) is 0 Å². The van der Waals surface area contributed by atoms with E-state index in [0.717, 1.165) is 21.7 Å². The monoisotopic (exact) mass is 487 g/mol. The largest absolute Gasteiger partial charge is 0.350 e. The summed E-state index contributed by atoms with van der Waals surface area (Å²) in [5, 5.41) is 2.96. The highest BCUT2D eigenvalue weighted by molar-refractivity contribution is 7.92. The lowest BCUT2D eigenvalue weighted by Gasteiger charge is -2.34. The fourth-order valence-electron chi connectivity index (χ4n) is 3.75. The molecular formula is C26H37N3O4S. The average Bonchev–Trinajstić information content (AvgIpc) is 2.73. The summed E-state index contributed by atoms with van der Waals surface area (Å²) in [4.78, 5) is 28.2. The van der Waals surface area contributed by atoms with E-state index in [1.54, 1.807) is 18.2 Å². The molecule has 0 aliphatic heterocycles. The Morgan fingerprint density at radius 3 is 2.21 bits per heavy atom. The van der Waals surface area contributed by atoms with Crippen molar-refractivity contribution in [1.29, 1.82) is 0 Å². The van der Waals surface area contributed by atoms with Crippen molar-refractivity contribution >= 4 is 27.5 Å². The van der Waals surface area contributed by atoms with Gasteiger partial charge in [-0.2, -0.15) is 0 Å². The molecule has 0 unspecified atom stereocenters. The Hall–Kier alpha value is -2.87. The van der Waals surface area contributed by atoms with Gasteiger partial charge in [-0.3, -0.25) is 13.9 Å². The van der Waals surface area contributed by atoms with Crippen molar-refractivity contribution in [3.05, 3.63) is 65.7 Å². The summed E-state index contributed by atoms with van der Waals surface area (Å²) >= 11 is 0. The highest BCUT2D eigenvalue weighted by Crippen LogP contribution is 2.20. The lowest BCUT2D eigenvalue weighted by atomic mass is 10.1. The lowest BCUT2D eigenvalue weighted by molar-refractivity contribution is -0.140. The molecule has 34 heavy (non-hydrogen) atoms. The molecule has 0 fully saturated rings. The predicted molar refractivity (Wildman–Crippen MR) is 137 cm³/mol. The van der Waals surface area contributed by atoms with E-state index in [0.29, 0.717) is 25.1 Å². The van der Waals surface area contributed by atoms with Gasteiger partial charge >= 0.3 is 0 Å². The van der Waals surface area contributed by atoms with Crippen LogP contribution in [0.2, 0.25) is 0 Å². The van der Waals surface area contributed by atoms with Crippen LogP contribution in [-0.4, -0.2) is 56.1 Å². The van der Waals surface area contributed by atoms with Crippen molar-refractivity contribution in [3.8, 4) is 0 Å². The third kappa shape index (κ3) is 8.17. The first kappa shape index (κ1) is 27.4. The van der Waals surface area contributed by atoms with Crippen LogP contribution < -0.4 is 9.62 Å². The Morgan fingerprint density at radius 1 is 1.03 bits per heavy atom. The highest BCUT2D eigenvalue weighted by atomic mass is 32.2. The molecule has 0 aliphatic rings. The van der Waals surface area contributed by atoms with Gasteiger partial charge in [-0.1, -0.05) is 49.4 Å². The molecule has 0 radical (unpaired) electrons. The molecule has 8 heteroatoms. The molecule has 1 N–H and O–H groups in total. The zero-order chi connectivity index (χ0) is 25.5. The fraction of sp³-hybridized carbons (Fsp3) is 0.462. The van der Waals surface area contributed by atoms with Gasteiger partial charge in [0.05, 0.1) is 11.9 Å². The van der Waals surface area contributed by atoms with Crippen LogP contribution in [0.4, 0.5) is 5.69 Å². The summed E-state index contributed by atoms with van der Waals surface area (Å²) in [5.74, 6) is -0.670. The fourth-order valence-corrected chi connectivity index (χ4v) is 4.59. The van der Waals surface area contributed by atoms with E-state index in [9.17, 15) is 18.0 Å². The standard InChI is InChI=1S/C26H37N3O4S/c1-7-23(25(31)27-26(3,4)5)28(17-16-21-13-9-8-10-14-21)24(30)19-29(34(6,32)33)22-15-11-12-20(2)18-22/h8-15,18,23H,7,16-17,19H2,1-6H3,(H,27,31)/t23-/m1/s1. The number of nitrogens with one attached hydrogen (secondary N) is 1. The molecule has 2 amide bonds. The van der Waals surface area contributed by atoms with Gasteiger partial charge in [-0.05, 0) is 63.8 Å². The third-order valence-corrected chi connectivity index (χ3v) is 6.48. The molecule has 0 spiro atoms. The highest BCUT2D eigenvalue weighted by Gasteiger charge is 2.32. The normalized spacial score (nSPS) is 12.6. The molecule has 2 aromatic carbocycles. The summed E-state index contributed by atoms with van der Waals surface area (Å²) < 4.78 is 26.3. The third-order valence-electron chi connectivity index (χ3n) is 5.34. The molecule has 0 saturated carbocycles. The second-order valence-corrected chi connectivity index (χ2v) is 11.5. The van der Waals surface area contributed by atoms with Crippen LogP contribution >= 0.6 is 0 Å². The maximum absolute atomic E-state index is 13.6. The number of amides is 2. The minimum Gasteiger partial charge on any atom is -0.350 e. The second kappa shape index (κ2) is 11.5. The maximum Gasteiger partial charge on any atom is 0.244 e. The Labute approximate surface area is 204 Å². The van der Waals surface area contributed by atoms with Crippen LogP contribution in [0, 0.1) is 6.92 Å². The Balaban J connectivity index is 2.38. The number of rotatable bonds is 10. The summed E-state index contributed by atoms with van der Waals surface area (Å²) in [6, 6.07) is 16.0. The lowest BCUT2D eigenvalue weighted by Crippen LogP contribution is -2.56. The molecule has 0 heterocycles. The van der Waals surface area contributed by atoms with E-state index in [1.165, 1.54) is 4.90 Å². The summed E-state index contributed by atoms with van der Waals surface area (Å²) in [6.07, 6.45) is 2.04. The Morgan fingerprint density at radius 2 is 1.68 bits per heavy atom. The number of sulfonamides is 1. The van der Waals surface area contributed by atoms with Crippen LogP contribution in [0.1, 0.15) is 45.2 Å². The van der Waals surface area contributed by atoms with E-state index in [1.807, 2.05) is 71.0 Å². The van der Waals surface area contributed by atoms with Crippen molar-refractivity contribution in [2.45, 2.75) is 59.0 Å². The van der Waals surface area contributed by atoms with Crippen LogP contribution in [0.3, 0.4) is 0 Å². The number of benzene rings is 2. The quantitative estimate of drug-likeness (QED) is 0.556. The van der Waals surface area contributed by atoms with Gasteiger partial charge in [0.1, 0.15) is 12.6 Å². The number of carbonyl (C=O) groups excluding carboxylic acids is 2. The molecule has 2 rings (SSSR count). The summed E-state index contributed by atoms with van der Waals surface area (Å²) in [6.45, 7) is 9.29. The molecule has 1 atom stereocenters. The first-order valence-electron chi connectivity index (χ1n) is 11.5. The summed E-state index contributed by atoms with van der Waals surface area (Å²) in [7, 11) is -3.73. The SMILES string of the molecule is CC[C@H](C(=O)NC(C)(C)C)N(CCc1ccccc1)C(=O)CN(c1cccc(C)c1)S(C)(=O)=O. The van der Waals surface area contributed by atoms with E-state index in [2.05, 4.69) is 5.32 Å². The maximum atomic E-state index is 13.6. The van der Waals surface area contributed by atoms with Gasteiger partial charge in [0.25, 0.3) is 0 Å². The van der Waals surface area contributed by atoms with Crippen LogP contribution in [0.5, 0.6) is 0 Å². The molecule has 7 nitrogen and oxygen atoms in total. The minimum atomic E-state index is -3.73. The van der Waals surface area contributed by atoms with Crippen LogP contribution in [0.25, 0.3) is 0 Å². The summed E-state index contributed by atoms with van der Waals surface area (Å²) in [5.41, 5.74) is 1.88. The Bertz CT molecular complexity index is 1080. The van der Waals surface area contributed by atoms with Crippen molar-refractivity contribution in [2.75, 3.05) is 23.7 Å². The minimum absolute atomic E-state index is 0.252. The van der Waals surface area contributed by atoms with Crippen molar-refractivity contribution in [1.82, 2.24) is 10.2 Å². The number of anilines is 1. The van der Waals surface area contributed by atoms with E-state index >= 15 is 0 Å². The number of carbonyl (C=O) groups is 2. The number of nitrogens with zero attached hydrogens (tertiary/aromatic N) is 2. The van der Waals surface area contributed by atoms with Crippen molar-refractivity contribution in [2.24, 2.45) is 0 Å². The smallest absolute Gasteiger partial charge is 0.244 e. The van der Waals surface area contributed by atoms with Crippen molar-refractivity contribution in [3.63, 3.8) is 0 Å². The topological polar surface area (TPSA) is 86.8 Å². The van der Waals surface area contributed by atoms with Crippen LogP contribution in [0.15, 0.2) is 54.6 Å². The second-order valence-electron chi connectivity index (χ2n) is 9.59. The zero-order valence-electron chi connectivity index (χ0n) is 21.0. The van der Waals surface area contributed by atoms with Crippen molar-refractivity contribution < 1.29 is 18.0 Å². The molecule has 186 valence electrons. The Kier molecular flexibility index (Phi) is 9.27. The van der Waals surface area contributed by atoms with Gasteiger partial charge < -0.3 is 10.2 Å². The van der Waals surface area contributed by atoms with Gasteiger partial charge in [-0.25, -0.2) is 8.42 Å². The molecule has 0 aromatic heterocycles. The number of hydrogen-bond donors (Lipinski definition) is 1. The van der Waals surface area contributed by atoms with E-state index in [-0.39, 0.29) is 12.5 Å². The molecule has 0 saturated heterocycles. The first-order chi connectivity index (χ1) is 15.8. The number of aryl methyl sites for hydroxylation is 1.